The average Bonchev–Trinajstić information content (AvgIpc) is 2.56. The molecule has 0 unspecified atom stereocenters. The average molecular weight is 393 g/mol. The highest BCUT2D eigenvalue weighted by molar-refractivity contribution is 9.10. The lowest BCUT2D eigenvalue weighted by molar-refractivity contribution is -0.126. The molecule has 1 aromatic carbocycles. The molecular weight excluding hydrogens is 372 g/mol. The highest BCUT2D eigenvalue weighted by Gasteiger charge is 2.30. The van der Waals surface area contributed by atoms with Crippen molar-refractivity contribution in [3.8, 4) is 5.75 Å². The zero-order valence-electron chi connectivity index (χ0n) is 12.4. The van der Waals surface area contributed by atoms with Crippen LogP contribution in [-0.4, -0.2) is 68.9 Å². The number of aliphatic hydroxyl groups is 5. The van der Waals surface area contributed by atoms with Gasteiger partial charge in [0, 0.05) is 10.9 Å². The maximum atomic E-state index is 11.7. The van der Waals surface area contributed by atoms with Gasteiger partial charge in [-0.15, -0.1) is 0 Å². The van der Waals surface area contributed by atoms with Gasteiger partial charge in [0.2, 0.25) is 0 Å². The van der Waals surface area contributed by atoms with Gasteiger partial charge < -0.3 is 30.3 Å². The Morgan fingerprint density at radius 3 is 2.17 bits per heavy atom. The standard InChI is InChI=1S/C15H21BrO7/c16-9-1-4-11(5-2-9)23-8-10(18)3-6-12(19)14(21)15(22)13(20)7-17/h1-2,4-5,12-15,17,19-22H,3,6-8H2/t12-,13-,14+,15+/m1/s1. The maximum Gasteiger partial charge on any atom is 0.170 e. The second-order valence-electron chi connectivity index (χ2n) is 5.12. The molecule has 0 bridgehead atoms. The van der Waals surface area contributed by atoms with Crippen LogP contribution >= 0.6 is 15.9 Å². The number of benzene rings is 1. The number of aliphatic hydroxyl groups excluding tert-OH is 5. The fraction of sp³-hybridized carbons (Fsp3) is 0.533. The summed E-state index contributed by atoms with van der Waals surface area (Å²) in [5.41, 5.74) is 0. The van der Waals surface area contributed by atoms with E-state index in [1.807, 2.05) is 0 Å². The second kappa shape index (κ2) is 9.96. The predicted octanol–water partition coefficient (Wildman–Crippen LogP) is -0.387. The first-order valence-corrected chi connectivity index (χ1v) is 7.87. The van der Waals surface area contributed by atoms with Crippen LogP contribution in [0.15, 0.2) is 28.7 Å². The van der Waals surface area contributed by atoms with Gasteiger partial charge in [-0.05, 0) is 30.7 Å². The topological polar surface area (TPSA) is 127 Å². The van der Waals surface area contributed by atoms with Crippen molar-refractivity contribution in [2.75, 3.05) is 13.2 Å². The van der Waals surface area contributed by atoms with Crippen molar-refractivity contribution in [3.05, 3.63) is 28.7 Å². The molecule has 8 heteroatoms. The molecule has 0 spiro atoms. The lowest BCUT2D eigenvalue weighted by Crippen LogP contribution is -2.45. The van der Waals surface area contributed by atoms with Crippen molar-refractivity contribution in [1.29, 1.82) is 0 Å². The van der Waals surface area contributed by atoms with Crippen molar-refractivity contribution in [2.24, 2.45) is 0 Å². The number of ether oxygens (including phenoxy) is 1. The van der Waals surface area contributed by atoms with Gasteiger partial charge >= 0.3 is 0 Å². The number of rotatable bonds is 10. The fourth-order valence-corrected chi connectivity index (χ4v) is 2.07. The zero-order valence-corrected chi connectivity index (χ0v) is 14.0. The summed E-state index contributed by atoms with van der Waals surface area (Å²) in [5.74, 6) is 0.250. The monoisotopic (exact) mass is 392 g/mol. The van der Waals surface area contributed by atoms with Gasteiger partial charge in [-0.25, -0.2) is 0 Å². The van der Waals surface area contributed by atoms with E-state index in [1.165, 1.54) is 0 Å². The van der Waals surface area contributed by atoms with E-state index >= 15 is 0 Å². The van der Waals surface area contributed by atoms with E-state index in [1.54, 1.807) is 24.3 Å². The summed E-state index contributed by atoms with van der Waals surface area (Å²) in [6.45, 7) is -0.919. The normalized spacial score (nSPS) is 16.4. The maximum absolute atomic E-state index is 11.7. The molecule has 1 rings (SSSR count). The lowest BCUT2D eigenvalue weighted by atomic mass is 9.99. The molecule has 0 aliphatic rings. The number of ketones is 1. The molecule has 0 fully saturated rings. The minimum Gasteiger partial charge on any atom is -0.486 e. The summed E-state index contributed by atoms with van der Waals surface area (Å²) >= 11 is 3.28. The van der Waals surface area contributed by atoms with Gasteiger partial charge in [-0.1, -0.05) is 15.9 Å². The first-order valence-electron chi connectivity index (χ1n) is 7.08. The van der Waals surface area contributed by atoms with E-state index in [0.717, 1.165) is 4.47 Å². The van der Waals surface area contributed by atoms with Gasteiger partial charge in [0.25, 0.3) is 0 Å². The van der Waals surface area contributed by atoms with Crippen molar-refractivity contribution in [1.82, 2.24) is 0 Å². The van der Waals surface area contributed by atoms with Crippen LogP contribution in [0.4, 0.5) is 0 Å². The second-order valence-corrected chi connectivity index (χ2v) is 6.03. The van der Waals surface area contributed by atoms with E-state index in [4.69, 9.17) is 9.84 Å². The number of carbonyl (C=O) groups excluding carboxylic acids is 1. The summed E-state index contributed by atoms with van der Waals surface area (Å²) in [4.78, 5) is 11.7. The number of carbonyl (C=O) groups is 1. The Hall–Kier alpha value is -1.03. The van der Waals surface area contributed by atoms with Gasteiger partial charge in [-0.2, -0.15) is 0 Å². The van der Waals surface area contributed by atoms with E-state index < -0.39 is 31.0 Å². The molecule has 0 aliphatic heterocycles. The molecule has 0 saturated heterocycles. The highest BCUT2D eigenvalue weighted by Crippen LogP contribution is 2.16. The first kappa shape index (κ1) is 20.0. The van der Waals surface area contributed by atoms with Gasteiger partial charge in [0.1, 0.15) is 30.7 Å². The molecule has 5 N–H and O–H groups in total. The van der Waals surface area contributed by atoms with Crippen LogP contribution in [-0.2, 0) is 4.79 Å². The van der Waals surface area contributed by atoms with Crippen LogP contribution in [0.2, 0.25) is 0 Å². The predicted molar refractivity (Wildman–Crippen MR) is 85.0 cm³/mol. The number of hydrogen-bond donors (Lipinski definition) is 5. The molecule has 0 radical (unpaired) electrons. The largest absolute Gasteiger partial charge is 0.486 e. The SMILES string of the molecule is O=C(CC[C@@H](O)[C@H](O)[C@@H](O)[C@H](O)CO)COc1ccc(Br)cc1. The zero-order chi connectivity index (χ0) is 17.4. The Labute approximate surface area is 142 Å². The molecule has 0 aliphatic carbocycles. The highest BCUT2D eigenvalue weighted by atomic mass is 79.9. The molecule has 0 heterocycles. The van der Waals surface area contributed by atoms with Crippen LogP contribution in [0.5, 0.6) is 5.75 Å². The molecule has 23 heavy (non-hydrogen) atoms. The molecule has 0 amide bonds. The molecule has 0 aromatic heterocycles. The van der Waals surface area contributed by atoms with E-state index in [9.17, 15) is 25.2 Å². The summed E-state index contributed by atoms with van der Waals surface area (Å²) in [5, 5.41) is 46.6. The van der Waals surface area contributed by atoms with Crippen molar-refractivity contribution in [2.45, 2.75) is 37.3 Å². The number of Topliss-reactive ketones (excluding diaryl/α,β-unsaturated/α-hetero) is 1. The van der Waals surface area contributed by atoms with Gasteiger partial charge in [0.05, 0.1) is 12.7 Å². The number of halogens is 1. The Balaban J connectivity index is 2.33. The van der Waals surface area contributed by atoms with Crippen molar-refractivity contribution < 1.29 is 35.1 Å². The molecule has 4 atom stereocenters. The van der Waals surface area contributed by atoms with Crippen molar-refractivity contribution >= 4 is 21.7 Å². The summed E-state index contributed by atoms with van der Waals surface area (Å²) in [7, 11) is 0. The third kappa shape index (κ3) is 6.94. The first-order chi connectivity index (χ1) is 10.8. The summed E-state index contributed by atoms with van der Waals surface area (Å²) < 4.78 is 6.17. The number of hydrogen-bond acceptors (Lipinski definition) is 7. The van der Waals surface area contributed by atoms with Gasteiger partial charge in [0.15, 0.2) is 5.78 Å². The lowest BCUT2D eigenvalue weighted by Gasteiger charge is -2.25. The molecule has 1 aromatic rings. The Morgan fingerprint density at radius 2 is 1.61 bits per heavy atom. The molecule has 130 valence electrons. The Kier molecular flexibility index (Phi) is 8.67. The molecular formula is C15H21BrO7. The fourth-order valence-electron chi connectivity index (χ4n) is 1.81. The van der Waals surface area contributed by atoms with E-state index in [0.29, 0.717) is 5.75 Å². The van der Waals surface area contributed by atoms with Crippen LogP contribution in [0.3, 0.4) is 0 Å². The summed E-state index contributed by atoms with van der Waals surface area (Å²) in [6, 6.07) is 6.94. The third-order valence-electron chi connectivity index (χ3n) is 3.26. The Morgan fingerprint density at radius 1 is 1.04 bits per heavy atom. The van der Waals surface area contributed by atoms with Crippen molar-refractivity contribution in [3.63, 3.8) is 0 Å². The van der Waals surface area contributed by atoms with E-state index in [2.05, 4.69) is 15.9 Å². The minimum atomic E-state index is -1.69. The van der Waals surface area contributed by atoms with Gasteiger partial charge in [-0.3, -0.25) is 4.79 Å². The quantitative estimate of drug-likeness (QED) is 0.367. The third-order valence-corrected chi connectivity index (χ3v) is 3.79. The molecule has 7 nitrogen and oxygen atoms in total. The molecule has 0 saturated carbocycles. The van der Waals surface area contributed by atoms with E-state index in [-0.39, 0.29) is 25.2 Å². The Bertz CT molecular complexity index is 479. The van der Waals surface area contributed by atoms with Crippen LogP contribution in [0.25, 0.3) is 0 Å². The van der Waals surface area contributed by atoms with Crippen LogP contribution < -0.4 is 4.74 Å². The minimum absolute atomic E-state index is 0.0588. The smallest absolute Gasteiger partial charge is 0.170 e. The van der Waals surface area contributed by atoms with Crippen LogP contribution in [0, 0.1) is 0 Å². The van der Waals surface area contributed by atoms with Crippen LogP contribution in [0.1, 0.15) is 12.8 Å². The summed E-state index contributed by atoms with van der Waals surface area (Å²) in [6.07, 6.45) is -6.46.